The molecule has 3 aromatic rings. The first-order chi connectivity index (χ1) is 11.9. The number of furan rings is 1. The van der Waals surface area contributed by atoms with Crippen LogP contribution in [0.3, 0.4) is 0 Å². The minimum absolute atomic E-state index is 0.188. The number of hydrogen-bond donors (Lipinski definition) is 1. The molecule has 3 heterocycles. The minimum Gasteiger partial charge on any atom is -0.477 e. The van der Waals surface area contributed by atoms with E-state index in [1.807, 2.05) is 0 Å². The van der Waals surface area contributed by atoms with Crippen LogP contribution in [-0.2, 0) is 7.05 Å². The van der Waals surface area contributed by atoms with Crippen molar-refractivity contribution < 1.29 is 19.2 Å². The first kappa shape index (κ1) is 16.1. The smallest absolute Gasteiger partial charge is 0.433 e. The van der Waals surface area contributed by atoms with Crippen LogP contribution in [0.15, 0.2) is 39.7 Å². The SMILES string of the molecule is Cn1cc(C(=O)O)c(=O)c2ccc(/C=C\c3ccc([N+](=O)[O-])o3)nc21. The summed E-state index contributed by atoms with van der Waals surface area (Å²) in [5.41, 5.74) is -0.138. The summed E-state index contributed by atoms with van der Waals surface area (Å²) < 4.78 is 6.46. The molecule has 0 unspecified atom stereocenters. The van der Waals surface area contributed by atoms with Crippen LogP contribution in [0.25, 0.3) is 23.2 Å². The van der Waals surface area contributed by atoms with E-state index < -0.39 is 16.3 Å². The van der Waals surface area contributed by atoms with Crippen molar-refractivity contribution in [1.82, 2.24) is 9.55 Å². The summed E-state index contributed by atoms with van der Waals surface area (Å²) >= 11 is 0. The number of carboxylic acids is 1. The van der Waals surface area contributed by atoms with Crippen LogP contribution in [0.4, 0.5) is 5.88 Å². The van der Waals surface area contributed by atoms with Gasteiger partial charge in [-0.05, 0) is 30.4 Å². The molecule has 0 radical (unpaired) electrons. The molecule has 0 aromatic carbocycles. The van der Waals surface area contributed by atoms with E-state index in [0.29, 0.717) is 11.3 Å². The van der Waals surface area contributed by atoms with Crippen molar-refractivity contribution >= 4 is 35.0 Å². The lowest BCUT2D eigenvalue weighted by molar-refractivity contribution is -0.402. The quantitative estimate of drug-likeness (QED) is 0.569. The van der Waals surface area contributed by atoms with E-state index in [9.17, 15) is 19.7 Å². The zero-order valence-electron chi connectivity index (χ0n) is 12.9. The molecule has 0 amide bonds. The molecule has 0 atom stereocenters. The number of fused-ring (bicyclic) bond motifs is 1. The van der Waals surface area contributed by atoms with E-state index in [1.54, 1.807) is 19.2 Å². The highest BCUT2D eigenvalue weighted by molar-refractivity contribution is 5.91. The monoisotopic (exact) mass is 341 g/mol. The Labute approximate surface area is 139 Å². The lowest BCUT2D eigenvalue weighted by Gasteiger charge is -2.06. The van der Waals surface area contributed by atoms with Crippen LogP contribution in [0.2, 0.25) is 0 Å². The highest BCUT2D eigenvalue weighted by Gasteiger charge is 2.14. The van der Waals surface area contributed by atoms with Gasteiger partial charge in [-0.3, -0.25) is 14.9 Å². The number of aromatic nitrogens is 2. The second kappa shape index (κ2) is 6.04. The van der Waals surface area contributed by atoms with E-state index >= 15 is 0 Å². The fourth-order valence-corrected chi connectivity index (χ4v) is 2.31. The Morgan fingerprint density at radius 1 is 1.32 bits per heavy atom. The van der Waals surface area contributed by atoms with Gasteiger partial charge in [0.1, 0.15) is 21.9 Å². The zero-order chi connectivity index (χ0) is 18.1. The molecule has 1 N–H and O–H groups in total. The van der Waals surface area contributed by atoms with Crippen molar-refractivity contribution in [2.75, 3.05) is 0 Å². The van der Waals surface area contributed by atoms with Crippen molar-refractivity contribution in [3.05, 3.63) is 67.8 Å². The number of rotatable bonds is 4. The van der Waals surface area contributed by atoms with E-state index in [1.165, 1.54) is 35.0 Å². The molecule has 126 valence electrons. The van der Waals surface area contributed by atoms with Gasteiger partial charge in [-0.25, -0.2) is 9.78 Å². The van der Waals surface area contributed by atoms with Crippen LogP contribution in [-0.4, -0.2) is 25.6 Å². The molecule has 0 aliphatic heterocycles. The Hall–Kier alpha value is -3.75. The molecule has 3 rings (SSSR count). The van der Waals surface area contributed by atoms with Gasteiger partial charge >= 0.3 is 11.9 Å². The molecule has 0 saturated heterocycles. The summed E-state index contributed by atoms with van der Waals surface area (Å²) in [5, 5.41) is 19.8. The number of nitrogens with zero attached hydrogens (tertiary/aromatic N) is 3. The first-order valence-corrected chi connectivity index (χ1v) is 7.03. The normalized spacial score (nSPS) is 11.2. The van der Waals surface area contributed by atoms with Crippen LogP contribution in [0, 0.1) is 10.1 Å². The van der Waals surface area contributed by atoms with E-state index in [-0.39, 0.29) is 22.6 Å². The van der Waals surface area contributed by atoms with Gasteiger partial charge in [-0.15, -0.1) is 0 Å². The molecule has 0 spiro atoms. The van der Waals surface area contributed by atoms with Gasteiger partial charge in [0.15, 0.2) is 0 Å². The Morgan fingerprint density at radius 3 is 2.72 bits per heavy atom. The fourth-order valence-electron chi connectivity index (χ4n) is 2.31. The van der Waals surface area contributed by atoms with E-state index in [0.717, 1.165) is 0 Å². The highest BCUT2D eigenvalue weighted by Crippen LogP contribution is 2.18. The Kier molecular flexibility index (Phi) is 3.89. The molecule has 9 nitrogen and oxygen atoms in total. The van der Waals surface area contributed by atoms with E-state index in [2.05, 4.69) is 4.98 Å². The second-order valence-electron chi connectivity index (χ2n) is 5.16. The molecule has 0 bridgehead atoms. The summed E-state index contributed by atoms with van der Waals surface area (Å²) in [5.74, 6) is -1.38. The number of pyridine rings is 2. The van der Waals surface area contributed by atoms with Crippen molar-refractivity contribution in [3.8, 4) is 0 Å². The zero-order valence-corrected chi connectivity index (χ0v) is 12.9. The molecular weight excluding hydrogens is 330 g/mol. The number of carbonyl (C=O) groups is 1. The predicted octanol–water partition coefficient (Wildman–Crippen LogP) is 2.30. The van der Waals surface area contributed by atoms with E-state index in [4.69, 9.17) is 9.52 Å². The van der Waals surface area contributed by atoms with Gasteiger partial charge in [0.2, 0.25) is 5.43 Å². The topological polar surface area (TPSA) is 128 Å². The average Bonchev–Trinajstić information content (AvgIpc) is 3.05. The summed E-state index contributed by atoms with van der Waals surface area (Å²) in [7, 11) is 1.59. The molecule has 25 heavy (non-hydrogen) atoms. The maximum Gasteiger partial charge on any atom is 0.433 e. The average molecular weight is 341 g/mol. The molecule has 0 aliphatic carbocycles. The number of aromatic carboxylic acids is 1. The Balaban J connectivity index is 2.01. The maximum absolute atomic E-state index is 12.1. The van der Waals surface area contributed by atoms with Crippen molar-refractivity contribution in [2.45, 2.75) is 0 Å². The lowest BCUT2D eigenvalue weighted by atomic mass is 10.2. The third-order valence-electron chi connectivity index (χ3n) is 3.48. The maximum atomic E-state index is 12.1. The van der Waals surface area contributed by atoms with Crippen molar-refractivity contribution in [3.63, 3.8) is 0 Å². The fraction of sp³-hybridized carbons (Fsp3) is 0.0625. The Bertz CT molecular complexity index is 1090. The summed E-state index contributed by atoms with van der Waals surface area (Å²) in [4.78, 5) is 37.5. The van der Waals surface area contributed by atoms with Gasteiger partial charge in [0, 0.05) is 13.2 Å². The Morgan fingerprint density at radius 2 is 2.08 bits per heavy atom. The standard InChI is InChI=1S/C16H11N3O6/c1-18-8-12(16(21)22)14(20)11-6-3-9(17-15(11)18)2-4-10-5-7-13(25-10)19(23)24/h2-8H,1H3,(H,21,22)/b4-2-. The molecular formula is C16H11N3O6. The molecule has 0 aliphatic rings. The molecule has 9 heteroatoms. The van der Waals surface area contributed by atoms with Gasteiger partial charge in [-0.1, -0.05) is 0 Å². The van der Waals surface area contributed by atoms with Crippen molar-refractivity contribution in [1.29, 1.82) is 0 Å². The largest absolute Gasteiger partial charge is 0.477 e. The minimum atomic E-state index is -1.30. The van der Waals surface area contributed by atoms with Crippen molar-refractivity contribution in [2.24, 2.45) is 7.05 Å². The second-order valence-corrected chi connectivity index (χ2v) is 5.16. The molecule has 3 aromatic heterocycles. The third kappa shape index (κ3) is 3.02. The molecule has 0 fully saturated rings. The molecule has 0 saturated carbocycles. The van der Waals surface area contributed by atoms with Gasteiger partial charge in [0.25, 0.3) is 0 Å². The van der Waals surface area contributed by atoms with Crippen LogP contribution < -0.4 is 5.43 Å². The van der Waals surface area contributed by atoms with Gasteiger partial charge in [-0.2, -0.15) is 0 Å². The highest BCUT2D eigenvalue weighted by atomic mass is 16.6. The number of aryl methyl sites for hydroxylation is 1. The van der Waals surface area contributed by atoms with Crippen LogP contribution in [0.5, 0.6) is 0 Å². The van der Waals surface area contributed by atoms with Gasteiger partial charge < -0.3 is 14.1 Å². The van der Waals surface area contributed by atoms with Crippen LogP contribution in [0.1, 0.15) is 21.8 Å². The number of nitro groups is 1. The number of hydrogen-bond acceptors (Lipinski definition) is 6. The lowest BCUT2D eigenvalue weighted by Crippen LogP contribution is -2.18. The first-order valence-electron chi connectivity index (χ1n) is 7.03. The van der Waals surface area contributed by atoms with Gasteiger partial charge in [0.05, 0.1) is 17.1 Å². The van der Waals surface area contributed by atoms with Crippen LogP contribution >= 0.6 is 0 Å². The number of carboxylic acid groups (broad SMARTS) is 1. The summed E-state index contributed by atoms with van der Waals surface area (Å²) in [6, 6.07) is 5.72. The third-order valence-corrected chi connectivity index (χ3v) is 3.48. The predicted molar refractivity (Wildman–Crippen MR) is 88.2 cm³/mol. The summed E-state index contributed by atoms with van der Waals surface area (Å²) in [6.07, 6.45) is 4.28. The summed E-state index contributed by atoms with van der Waals surface area (Å²) in [6.45, 7) is 0.